The van der Waals surface area contributed by atoms with Crippen LogP contribution < -0.4 is 5.32 Å². The fourth-order valence-corrected chi connectivity index (χ4v) is 2.34. The second kappa shape index (κ2) is 6.61. The van der Waals surface area contributed by atoms with Crippen molar-refractivity contribution in [1.29, 1.82) is 0 Å². The van der Waals surface area contributed by atoms with E-state index in [-0.39, 0.29) is 12.3 Å². The molecule has 1 heterocycles. The molecule has 4 nitrogen and oxygen atoms in total. The largest absolute Gasteiger partial charge is 0.354 e. The summed E-state index contributed by atoms with van der Waals surface area (Å²) in [7, 11) is 3.31. The fraction of sp³-hybridized carbons (Fsp3) is 0.400. The molecule has 102 valence electrons. The Kier molecular flexibility index (Phi) is 4.85. The number of hydrogen-bond acceptors (Lipinski definition) is 4. The van der Waals surface area contributed by atoms with E-state index in [1.54, 1.807) is 20.4 Å². The minimum absolute atomic E-state index is 0.0205. The first kappa shape index (κ1) is 13.9. The Morgan fingerprint density at radius 1 is 1.16 bits per heavy atom. The van der Waals surface area contributed by atoms with Gasteiger partial charge in [0.1, 0.15) is 0 Å². The quantitative estimate of drug-likeness (QED) is 0.810. The predicted molar refractivity (Wildman–Crippen MR) is 76.0 cm³/mol. The zero-order valence-corrected chi connectivity index (χ0v) is 11.6. The average molecular weight is 260 g/mol. The van der Waals surface area contributed by atoms with Crippen molar-refractivity contribution in [2.75, 3.05) is 20.8 Å². The van der Waals surface area contributed by atoms with E-state index < -0.39 is 0 Å². The maximum absolute atomic E-state index is 5.41. The maximum atomic E-state index is 5.41. The van der Waals surface area contributed by atoms with Gasteiger partial charge in [0.25, 0.3) is 0 Å². The van der Waals surface area contributed by atoms with Gasteiger partial charge in [0.2, 0.25) is 0 Å². The predicted octanol–water partition coefficient (Wildman–Crippen LogP) is 2.50. The van der Waals surface area contributed by atoms with Crippen LogP contribution in [0.2, 0.25) is 0 Å². The zero-order valence-electron chi connectivity index (χ0n) is 11.6. The van der Waals surface area contributed by atoms with E-state index in [4.69, 9.17) is 9.47 Å². The van der Waals surface area contributed by atoms with Gasteiger partial charge in [-0.25, -0.2) is 0 Å². The van der Waals surface area contributed by atoms with Crippen molar-refractivity contribution in [3.63, 3.8) is 0 Å². The van der Waals surface area contributed by atoms with E-state index in [2.05, 4.69) is 29.4 Å². The summed E-state index contributed by atoms with van der Waals surface area (Å²) < 4.78 is 10.8. The van der Waals surface area contributed by atoms with E-state index in [0.29, 0.717) is 0 Å². The van der Waals surface area contributed by atoms with Crippen molar-refractivity contribution in [1.82, 2.24) is 10.3 Å². The normalized spacial score (nSPS) is 13.1. The number of likely N-dealkylation sites (N-methyl/N-ethyl adjacent to an activating group) is 1. The van der Waals surface area contributed by atoms with Crippen LogP contribution in [0.15, 0.2) is 36.5 Å². The van der Waals surface area contributed by atoms with Crippen LogP contribution in [0.1, 0.15) is 18.5 Å². The third kappa shape index (κ3) is 2.92. The number of ether oxygens (including phenoxy) is 2. The summed E-state index contributed by atoms with van der Waals surface area (Å²) in [5.74, 6) is 0. The Hall–Kier alpha value is -1.49. The fourth-order valence-electron chi connectivity index (χ4n) is 2.34. The van der Waals surface area contributed by atoms with Gasteiger partial charge < -0.3 is 14.8 Å². The lowest BCUT2D eigenvalue weighted by molar-refractivity contribution is -0.123. The molecule has 0 aliphatic carbocycles. The molecule has 1 unspecified atom stereocenters. The SMILES string of the molecule is CCNC(c1cccc2ncccc12)C(OC)OC. The Morgan fingerprint density at radius 2 is 1.95 bits per heavy atom. The third-order valence-electron chi connectivity index (χ3n) is 3.18. The van der Waals surface area contributed by atoms with Gasteiger partial charge in [0.15, 0.2) is 6.29 Å². The first-order chi connectivity index (χ1) is 9.31. The number of benzene rings is 1. The van der Waals surface area contributed by atoms with Crippen molar-refractivity contribution in [3.05, 3.63) is 42.1 Å². The van der Waals surface area contributed by atoms with E-state index in [0.717, 1.165) is 23.0 Å². The number of hydrogen-bond donors (Lipinski definition) is 1. The molecular weight excluding hydrogens is 240 g/mol. The van der Waals surface area contributed by atoms with Crippen molar-refractivity contribution in [3.8, 4) is 0 Å². The van der Waals surface area contributed by atoms with E-state index >= 15 is 0 Å². The zero-order chi connectivity index (χ0) is 13.7. The van der Waals surface area contributed by atoms with E-state index in [1.165, 1.54) is 0 Å². The number of pyridine rings is 1. The number of fused-ring (bicyclic) bond motifs is 1. The van der Waals surface area contributed by atoms with Gasteiger partial charge in [-0.1, -0.05) is 25.1 Å². The third-order valence-corrected chi connectivity index (χ3v) is 3.18. The Morgan fingerprint density at radius 3 is 2.63 bits per heavy atom. The number of methoxy groups -OCH3 is 2. The van der Waals surface area contributed by atoms with Crippen molar-refractivity contribution in [2.24, 2.45) is 0 Å². The Bertz CT molecular complexity index is 521. The highest BCUT2D eigenvalue weighted by Crippen LogP contribution is 2.26. The highest BCUT2D eigenvalue weighted by molar-refractivity contribution is 5.82. The van der Waals surface area contributed by atoms with Crippen LogP contribution in [0.25, 0.3) is 10.9 Å². The van der Waals surface area contributed by atoms with Crippen LogP contribution in [0.5, 0.6) is 0 Å². The van der Waals surface area contributed by atoms with Crippen LogP contribution >= 0.6 is 0 Å². The lowest BCUT2D eigenvalue weighted by Crippen LogP contribution is -2.34. The molecule has 2 rings (SSSR count). The smallest absolute Gasteiger partial charge is 0.176 e. The molecule has 1 aromatic carbocycles. The van der Waals surface area contributed by atoms with Gasteiger partial charge in [-0.2, -0.15) is 0 Å². The maximum Gasteiger partial charge on any atom is 0.176 e. The molecule has 19 heavy (non-hydrogen) atoms. The topological polar surface area (TPSA) is 43.4 Å². The lowest BCUT2D eigenvalue weighted by atomic mass is 10.0. The minimum atomic E-state index is -0.328. The number of nitrogens with zero attached hydrogens (tertiary/aromatic N) is 1. The molecule has 0 fully saturated rings. The van der Waals surface area contributed by atoms with E-state index in [1.807, 2.05) is 18.2 Å². The van der Waals surface area contributed by atoms with Crippen LogP contribution in [0, 0.1) is 0 Å². The molecular formula is C15H20N2O2. The summed E-state index contributed by atoms with van der Waals surface area (Å²) in [6.07, 6.45) is 1.48. The van der Waals surface area contributed by atoms with E-state index in [9.17, 15) is 0 Å². The molecule has 4 heteroatoms. The first-order valence-electron chi connectivity index (χ1n) is 6.44. The second-order valence-electron chi connectivity index (χ2n) is 4.29. The summed E-state index contributed by atoms with van der Waals surface area (Å²) in [5, 5.41) is 4.54. The van der Waals surface area contributed by atoms with Crippen LogP contribution in [0.4, 0.5) is 0 Å². The van der Waals surface area contributed by atoms with Crippen LogP contribution in [0.3, 0.4) is 0 Å². The molecule has 0 aliphatic heterocycles. The lowest BCUT2D eigenvalue weighted by Gasteiger charge is -2.26. The molecule has 0 spiro atoms. The molecule has 1 N–H and O–H groups in total. The highest BCUT2D eigenvalue weighted by atomic mass is 16.7. The molecule has 0 saturated heterocycles. The van der Waals surface area contributed by atoms with Gasteiger partial charge in [0.05, 0.1) is 11.6 Å². The summed E-state index contributed by atoms with van der Waals surface area (Å²) in [6.45, 7) is 2.91. The summed E-state index contributed by atoms with van der Waals surface area (Å²) in [5.41, 5.74) is 2.12. The van der Waals surface area contributed by atoms with Crippen molar-refractivity contribution in [2.45, 2.75) is 19.3 Å². The Labute approximate surface area is 113 Å². The molecule has 0 saturated carbocycles. The van der Waals surface area contributed by atoms with Crippen LogP contribution in [-0.2, 0) is 9.47 Å². The molecule has 0 aliphatic rings. The summed E-state index contributed by atoms with van der Waals surface area (Å²) >= 11 is 0. The standard InChI is InChI=1S/C15H20N2O2/c1-4-16-14(15(18-2)19-3)12-7-5-9-13-11(12)8-6-10-17-13/h5-10,14-16H,4H2,1-3H3. The monoisotopic (exact) mass is 260 g/mol. The number of nitrogens with one attached hydrogen (secondary N) is 1. The molecule has 0 radical (unpaired) electrons. The molecule has 0 bridgehead atoms. The Balaban J connectivity index is 2.49. The summed E-state index contributed by atoms with van der Waals surface area (Å²) in [4.78, 5) is 4.39. The van der Waals surface area contributed by atoms with Gasteiger partial charge in [0, 0.05) is 25.8 Å². The van der Waals surface area contributed by atoms with Gasteiger partial charge in [-0.05, 0) is 24.2 Å². The summed E-state index contributed by atoms with van der Waals surface area (Å²) in [6, 6.07) is 10.1. The highest BCUT2D eigenvalue weighted by Gasteiger charge is 2.23. The number of rotatable bonds is 6. The molecule has 0 amide bonds. The van der Waals surface area contributed by atoms with Crippen molar-refractivity contribution < 1.29 is 9.47 Å². The second-order valence-corrected chi connectivity index (χ2v) is 4.29. The van der Waals surface area contributed by atoms with Gasteiger partial charge in [-0.3, -0.25) is 4.98 Å². The van der Waals surface area contributed by atoms with Gasteiger partial charge >= 0.3 is 0 Å². The molecule has 1 atom stereocenters. The van der Waals surface area contributed by atoms with Gasteiger partial charge in [-0.15, -0.1) is 0 Å². The van der Waals surface area contributed by atoms with Crippen molar-refractivity contribution >= 4 is 10.9 Å². The number of aromatic nitrogens is 1. The minimum Gasteiger partial charge on any atom is -0.354 e. The first-order valence-corrected chi connectivity index (χ1v) is 6.44. The average Bonchev–Trinajstić information content (AvgIpc) is 2.47. The van der Waals surface area contributed by atoms with Crippen LogP contribution in [-0.4, -0.2) is 32.0 Å². The molecule has 2 aromatic rings. The molecule has 1 aromatic heterocycles.